The maximum absolute atomic E-state index is 14.3. The van der Waals surface area contributed by atoms with Crippen LogP contribution in [0.5, 0.6) is 5.75 Å². The first-order valence-electron chi connectivity index (χ1n) is 8.11. The number of benzene rings is 1. The largest absolute Gasteiger partial charge is 0.497 e. The quantitative estimate of drug-likeness (QED) is 0.851. The number of nitrogens with one attached hydrogen (secondary N) is 1. The number of nitrogens with zero attached hydrogens (tertiary/aromatic N) is 1. The molecule has 1 aliphatic heterocycles. The van der Waals surface area contributed by atoms with E-state index in [-0.39, 0.29) is 5.82 Å². The molecular weight excluding hydrogens is 311 g/mol. The maximum atomic E-state index is 14.3. The van der Waals surface area contributed by atoms with Gasteiger partial charge in [-0.15, -0.1) is 0 Å². The van der Waals surface area contributed by atoms with E-state index in [0.717, 1.165) is 11.9 Å². The van der Waals surface area contributed by atoms with Crippen LogP contribution >= 0.6 is 0 Å². The van der Waals surface area contributed by atoms with Crippen molar-refractivity contribution < 1.29 is 19.0 Å². The number of aromatic nitrogens is 1. The van der Waals surface area contributed by atoms with Gasteiger partial charge >= 0.3 is 5.97 Å². The zero-order valence-electron chi connectivity index (χ0n) is 13.6. The Balaban J connectivity index is 1.82. The highest BCUT2D eigenvalue weighted by Crippen LogP contribution is 2.33. The zero-order chi connectivity index (χ0) is 17.2. The fourth-order valence-electron chi connectivity index (χ4n) is 3.43. The molecule has 0 bridgehead atoms. The van der Waals surface area contributed by atoms with Crippen molar-refractivity contribution in [3.05, 3.63) is 35.8 Å². The smallest absolute Gasteiger partial charge is 0.310 e. The average molecular weight is 332 g/mol. The minimum Gasteiger partial charge on any atom is -0.497 e. The summed E-state index contributed by atoms with van der Waals surface area (Å²) in [4.78, 5) is 15.7. The van der Waals surface area contributed by atoms with Crippen LogP contribution in [0.3, 0.4) is 0 Å². The fourth-order valence-corrected chi connectivity index (χ4v) is 3.43. The van der Waals surface area contributed by atoms with Crippen LogP contribution in [0.1, 0.15) is 24.8 Å². The number of hydrogen-bond donors (Lipinski definition) is 2. The van der Waals surface area contributed by atoms with E-state index in [2.05, 4.69) is 10.3 Å². The SMILES string of the molecule is COc1ccc2ncc(F)c(CCCC3(C(=O)O)CCNC3)c2c1. The molecule has 1 aromatic carbocycles. The third-order valence-electron chi connectivity index (χ3n) is 4.91. The molecule has 1 aromatic heterocycles. The summed E-state index contributed by atoms with van der Waals surface area (Å²) in [6, 6.07) is 5.38. The Morgan fingerprint density at radius 2 is 2.33 bits per heavy atom. The van der Waals surface area contributed by atoms with Crippen molar-refractivity contribution in [3.8, 4) is 5.75 Å². The first-order valence-corrected chi connectivity index (χ1v) is 8.11. The lowest BCUT2D eigenvalue weighted by Gasteiger charge is -2.22. The molecule has 2 N–H and O–H groups in total. The van der Waals surface area contributed by atoms with Gasteiger partial charge in [-0.05, 0) is 56.0 Å². The van der Waals surface area contributed by atoms with Gasteiger partial charge in [0.25, 0.3) is 0 Å². The summed E-state index contributed by atoms with van der Waals surface area (Å²) in [7, 11) is 1.57. The lowest BCUT2D eigenvalue weighted by atomic mass is 9.81. The monoisotopic (exact) mass is 332 g/mol. The molecule has 0 spiro atoms. The van der Waals surface area contributed by atoms with E-state index in [0.29, 0.717) is 49.1 Å². The summed E-state index contributed by atoms with van der Waals surface area (Å²) < 4.78 is 19.5. The Bertz CT molecular complexity index is 757. The van der Waals surface area contributed by atoms with E-state index in [1.165, 1.54) is 6.20 Å². The number of carbonyl (C=O) groups is 1. The molecule has 1 atom stereocenters. The molecule has 1 saturated heterocycles. The minimum atomic E-state index is -0.769. The van der Waals surface area contributed by atoms with Crippen LogP contribution in [0.15, 0.2) is 24.4 Å². The highest BCUT2D eigenvalue weighted by atomic mass is 19.1. The van der Waals surface area contributed by atoms with Gasteiger partial charge < -0.3 is 15.2 Å². The van der Waals surface area contributed by atoms with Crippen LogP contribution in [0.25, 0.3) is 10.9 Å². The lowest BCUT2D eigenvalue weighted by Crippen LogP contribution is -2.33. The summed E-state index contributed by atoms with van der Waals surface area (Å²) in [6.07, 6.45) is 3.47. The van der Waals surface area contributed by atoms with Gasteiger partial charge in [0.1, 0.15) is 11.6 Å². The van der Waals surface area contributed by atoms with Gasteiger partial charge in [0.05, 0.1) is 24.2 Å². The minimum absolute atomic E-state index is 0.357. The van der Waals surface area contributed by atoms with E-state index >= 15 is 0 Å². The Morgan fingerprint density at radius 3 is 3.00 bits per heavy atom. The van der Waals surface area contributed by atoms with Crippen LogP contribution < -0.4 is 10.1 Å². The number of hydrogen-bond acceptors (Lipinski definition) is 4. The molecule has 2 heterocycles. The van der Waals surface area contributed by atoms with Crippen LogP contribution in [0, 0.1) is 11.2 Å². The van der Waals surface area contributed by atoms with Crippen molar-refractivity contribution in [1.82, 2.24) is 10.3 Å². The predicted molar refractivity (Wildman–Crippen MR) is 88.7 cm³/mol. The van der Waals surface area contributed by atoms with Crippen molar-refractivity contribution in [3.63, 3.8) is 0 Å². The second kappa shape index (κ2) is 6.73. The predicted octanol–water partition coefficient (Wildman–Crippen LogP) is 2.77. The number of fused-ring (bicyclic) bond motifs is 1. The first kappa shape index (κ1) is 16.6. The highest BCUT2D eigenvalue weighted by Gasteiger charge is 2.40. The Labute approximate surface area is 139 Å². The molecule has 6 heteroatoms. The number of halogens is 1. The van der Waals surface area contributed by atoms with Gasteiger partial charge in [0.15, 0.2) is 0 Å². The van der Waals surface area contributed by atoms with Gasteiger partial charge in [-0.25, -0.2) is 4.39 Å². The molecule has 24 heavy (non-hydrogen) atoms. The zero-order valence-corrected chi connectivity index (χ0v) is 13.6. The molecule has 2 aromatic rings. The standard InChI is InChI=1S/C18H21FN2O3/c1-24-12-4-5-16-14(9-12)13(15(19)10-21-16)3-2-6-18(17(22)23)7-8-20-11-18/h4-5,9-10,20H,2-3,6-8,11H2,1H3,(H,22,23). The number of aryl methyl sites for hydroxylation is 1. The number of methoxy groups -OCH3 is 1. The van der Waals surface area contributed by atoms with Crippen molar-refractivity contribution in [2.24, 2.45) is 5.41 Å². The van der Waals surface area contributed by atoms with Gasteiger partial charge in [-0.3, -0.25) is 9.78 Å². The van der Waals surface area contributed by atoms with Gasteiger partial charge in [-0.1, -0.05) is 0 Å². The highest BCUT2D eigenvalue weighted by molar-refractivity contribution is 5.83. The first-order chi connectivity index (χ1) is 11.6. The summed E-state index contributed by atoms with van der Waals surface area (Å²) in [5.41, 5.74) is 0.560. The topological polar surface area (TPSA) is 71.5 Å². The molecule has 0 amide bonds. The summed E-state index contributed by atoms with van der Waals surface area (Å²) in [6.45, 7) is 1.20. The number of aliphatic carboxylic acids is 1. The third kappa shape index (κ3) is 3.06. The number of carboxylic acid groups (broad SMARTS) is 1. The number of rotatable bonds is 6. The number of carboxylic acids is 1. The molecule has 1 aliphatic rings. The molecule has 1 fully saturated rings. The molecule has 1 unspecified atom stereocenters. The normalized spacial score (nSPS) is 20.4. The van der Waals surface area contributed by atoms with Crippen LogP contribution in [0.4, 0.5) is 4.39 Å². The van der Waals surface area contributed by atoms with Crippen molar-refractivity contribution in [2.45, 2.75) is 25.7 Å². The Morgan fingerprint density at radius 1 is 1.50 bits per heavy atom. The third-order valence-corrected chi connectivity index (χ3v) is 4.91. The molecule has 5 nitrogen and oxygen atoms in total. The lowest BCUT2D eigenvalue weighted by molar-refractivity contribution is -0.148. The summed E-state index contributed by atoms with van der Waals surface area (Å²) in [5.74, 6) is -0.475. The van der Waals surface area contributed by atoms with E-state index in [1.54, 1.807) is 25.3 Å². The van der Waals surface area contributed by atoms with Gasteiger partial charge in [0.2, 0.25) is 0 Å². The maximum Gasteiger partial charge on any atom is 0.310 e. The number of pyridine rings is 1. The molecule has 128 valence electrons. The van der Waals surface area contributed by atoms with Crippen molar-refractivity contribution in [2.75, 3.05) is 20.2 Å². The van der Waals surface area contributed by atoms with Crippen LogP contribution in [-0.4, -0.2) is 36.3 Å². The Hall–Kier alpha value is -2.21. The summed E-state index contributed by atoms with van der Waals surface area (Å²) >= 11 is 0. The van der Waals surface area contributed by atoms with Crippen LogP contribution in [-0.2, 0) is 11.2 Å². The Kier molecular flexibility index (Phi) is 4.66. The second-order valence-corrected chi connectivity index (χ2v) is 6.33. The van der Waals surface area contributed by atoms with Gasteiger partial charge in [0, 0.05) is 11.9 Å². The van der Waals surface area contributed by atoms with E-state index in [1.807, 2.05) is 0 Å². The van der Waals surface area contributed by atoms with E-state index < -0.39 is 11.4 Å². The molecule has 0 saturated carbocycles. The number of ether oxygens (including phenoxy) is 1. The van der Waals surface area contributed by atoms with Crippen molar-refractivity contribution in [1.29, 1.82) is 0 Å². The van der Waals surface area contributed by atoms with Crippen LogP contribution in [0.2, 0.25) is 0 Å². The van der Waals surface area contributed by atoms with E-state index in [4.69, 9.17) is 4.74 Å². The second-order valence-electron chi connectivity index (χ2n) is 6.33. The van der Waals surface area contributed by atoms with E-state index in [9.17, 15) is 14.3 Å². The van der Waals surface area contributed by atoms with Gasteiger partial charge in [-0.2, -0.15) is 0 Å². The average Bonchev–Trinajstić information content (AvgIpc) is 3.06. The summed E-state index contributed by atoms with van der Waals surface area (Å²) in [5, 5.41) is 13.4. The fraction of sp³-hybridized carbons (Fsp3) is 0.444. The molecular formula is C18H21FN2O3. The molecule has 0 aliphatic carbocycles. The molecule has 0 radical (unpaired) electrons. The van der Waals surface area contributed by atoms with Crippen molar-refractivity contribution >= 4 is 16.9 Å². The molecule has 3 rings (SSSR count).